The monoisotopic (exact) mass is 460 g/mol. The molecule has 0 aliphatic heterocycles. The Labute approximate surface area is 183 Å². The van der Waals surface area contributed by atoms with Crippen molar-refractivity contribution in [1.82, 2.24) is 9.71 Å². The number of nitrogens with one attached hydrogen (secondary N) is 1. The van der Waals surface area contributed by atoms with Gasteiger partial charge in [-0.05, 0) is 60.9 Å². The third-order valence-corrected chi connectivity index (χ3v) is 8.63. The van der Waals surface area contributed by atoms with Crippen LogP contribution in [0, 0.1) is 13.8 Å². The normalized spacial score (nSPS) is 13.0. The van der Waals surface area contributed by atoms with E-state index in [0.717, 1.165) is 0 Å². The van der Waals surface area contributed by atoms with Gasteiger partial charge in [-0.25, -0.2) is 21.6 Å². The van der Waals surface area contributed by atoms with Gasteiger partial charge in [-0.1, -0.05) is 24.3 Å². The largest absolute Gasteiger partial charge is 0.496 e. The number of hydrogen-bond donors (Lipinski definition) is 1. The fraction of sp³-hybridized carbons (Fsp3) is 0.227. The first-order valence-corrected chi connectivity index (χ1v) is 12.5. The summed E-state index contributed by atoms with van der Waals surface area (Å²) in [4.78, 5) is 4.19. The van der Waals surface area contributed by atoms with Crippen molar-refractivity contribution in [3.63, 3.8) is 0 Å². The van der Waals surface area contributed by atoms with Crippen LogP contribution in [0.1, 0.15) is 21.9 Å². The van der Waals surface area contributed by atoms with Crippen LogP contribution in [0.25, 0.3) is 0 Å². The summed E-state index contributed by atoms with van der Waals surface area (Å²) in [5.41, 5.74) is 1.56. The number of nitrogens with zero attached hydrogens (tertiary/aromatic N) is 1. The van der Waals surface area contributed by atoms with Gasteiger partial charge >= 0.3 is 0 Å². The fourth-order valence-electron chi connectivity index (χ4n) is 3.28. The fourth-order valence-corrected chi connectivity index (χ4v) is 6.41. The summed E-state index contributed by atoms with van der Waals surface area (Å²) in [6, 6.07) is 14.3. The van der Waals surface area contributed by atoms with E-state index in [-0.39, 0.29) is 16.3 Å². The molecule has 0 spiro atoms. The summed E-state index contributed by atoms with van der Waals surface area (Å²) in [5, 5.41) is -1.14. The van der Waals surface area contributed by atoms with E-state index >= 15 is 0 Å². The van der Waals surface area contributed by atoms with E-state index in [1.807, 2.05) is 0 Å². The molecular formula is C22H24N2O5S2. The predicted octanol–water partition coefficient (Wildman–Crippen LogP) is 3.20. The Balaban J connectivity index is 1.97. The lowest BCUT2D eigenvalue weighted by Crippen LogP contribution is -2.32. The Morgan fingerprint density at radius 2 is 1.68 bits per heavy atom. The zero-order valence-corrected chi connectivity index (χ0v) is 19.1. The minimum absolute atomic E-state index is 0.0767. The molecular weight excluding hydrogens is 436 g/mol. The van der Waals surface area contributed by atoms with Crippen LogP contribution in [-0.4, -0.2) is 35.5 Å². The summed E-state index contributed by atoms with van der Waals surface area (Å²) < 4.78 is 60.4. The molecule has 3 rings (SSSR count). The maximum Gasteiger partial charge on any atom is 0.240 e. The molecule has 0 saturated carbocycles. The average Bonchev–Trinajstić information content (AvgIpc) is 2.76. The number of sulfone groups is 1. The van der Waals surface area contributed by atoms with Crippen LogP contribution < -0.4 is 9.46 Å². The van der Waals surface area contributed by atoms with Crippen LogP contribution in [0.5, 0.6) is 5.75 Å². The van der Waals surface area contributed by atoms with Crippen molar-refractivity contribution in [2.24, 2.45) is 0 Å². The molecule has 1 aromatic heterocycles. The molecule has 1 atom stereocenters. The minimum atomic E-state index is -3.97. The van der Waals surface area contributed by atoms with Crippen LogP contribution in [-0.2, 0) is 19.9 Å². The highest BCUT2D eigenvalue weighted by Crippen LogP contribution is 2.29. The number of aromatic nitrogens is 1. The Kier molecular flexibility index (Phi) is 6.78. The number of ether oxygens (including phenoxy) is 1. The van der Waals surface area contributed by atoms with E-state index in [4.69, 9.17) is 4.74 Å². The SMILES string of the molecule is COc1cc(C)c(S(=O)(=O)NC[C@H](c2cccnc2)S(=O)(=O)c2ccccc2)cc1C. The van der Waals surface area contributed by atoms with Gasteiger partial charge in [0.05, 0.1) is 16.9 Å². The summed E-state index contributed by atoms with van der Waals surface area (Å²) in [6.07, 6.45) is 2.96. The highest BCUT2D eigenvalue weighted by atomic mass is 32.2. The van der Waals surface area contributed by atoms with Gasteiger partial charge in [0, 0.05) is 18.9 Å². The van der Waals surface area contributed by atoms with Crippen LogP contribution >= 0.6 is 0 Å². The van der Waals surface area contributed by atoms with Crippen LogP contribution in [0.3, 0.4) is 0 Å². The lowest BCUT2D eigenvalue weighted by molar-refractivity contribution is 0.411. The Hall–Kier alpha value is -2.75. The van der Waals surface area contributed by atoms with E-state index in [2.05, 4.69) is 9.71 Å². The third kappa shape index (κ3) is 4.95. The highest BCUT2D eigenvalue weighted by molar-refractivity contribution is 7.92. The number of aryl methyl sites for hydroxylation is 2. The van der Waals surface area contributed by atoms with E-state index in [9.17, 15) is 16.8 Å². The number of sulfonamides is 1. The van der Waals surface area contributed by atoms with Gasteiger partial charge in [-0.15, -0.1) is 0 Å². The van der Waals surface area contributed by atoms with Crippen molar-refractivity contribution in [2.45, 2.75) is 28.9 Å². The number of hydrogen-bond acceptors (Lipinski definition) is 6. The molecule has 0 amide bonds. The summed E-state index contributed by atoms with van der Waals surface area (Å²) >= 11 is 0. The average molecular weight is 461 g/mol. The van der Waals surface area contributed by atoms with Gasteiger partial charge in [-0.2, -0.15) is 0 Å². The van der Waals surface area contributed by atoms with Crippen molar-refractivity contribution in [1.29, 1.82) is 0 Å². The van der Waals surface area contributed by atoms with Crippen LogP contribution in [0.15, 0.2) is 76.8 Å². The van der Waals surface area contributed by atoms with Crippen LogP contribution in [0.4, 0.5) is 0 Å². The summed E-state index contributed by atoms with van der Waals surface area (Å²) in [7, 11) is -6.33. The molecule has 0 unspecified atom stereocenters. The molecule has 0 radical (unpaired) electrons. The van der Waals surface area contributed by atoms with Gasteiger partial charge in [0.15, 0.2) is 9.84 Å². The first kappa shape index (κ1) is 22.9. The quantitative estimate of drug-likeness (QED) is 0.554. The maximum atomic E-state index is 13.3. The molecule has 1 heterocycles. The highest BCUT2D eigenvalue weighted by Gasteiger charge is 2.31. The molecule has 31 heavy (non-hydrogen) atoms. The molecule has 0 fully saturated rings. The molecule has 0 bridgehead atoms. The maximum absolute atomic E-state index is 13.3. The minimum Gasteiger partial charge on any atom is -0.496 e. The second-order valence-corrected chi connectivity index (χ2v) is 10.9. The van der Waals surface area contributed by atoms with Gasteiger partial charge < -0.3 is 4.74 Å². The Bertz CT molecular complexity index is 1260. The van der Waals surface area contributed by atoms with E-state index in [1.54, 1.807) is 50.2 Å². The van der Waals surface area contributed by atoms with Crippen molar-refractivity contribution >= 4 is 19.9 Å². The molecule has 0 aliphatic carbocycles. The van der Waals surface area contributed by atoms with Gasteiger partial charge in [0.1, 0.15) is 11.0 Å². The summed E-state index contributed by atoms with van der Waals surface area (Å²) in [5.74, 6) is 0.580. The van der Waals surface area contributed by atoms with Crippen molar-refractivity contribution in [2.75, 3.05) is 13.7 Å². The van der Waals surface area contributed by atoms with E-state index < -0.39 is 25.1 Å². The van der Waals surface area contributed by atoms with Gasteiger partial charge in [0.25, 0.3) is 0 Å². The predicted molar refractivity (Wildman–Crippen MR) is 118 cm³/mol. The van der Waals surface area contributed by atoms with E-state index in [0.29, 0.717) is 22.4 Å². The number of methoxy groups -OCH3 is 1. The molecule has 9 heteroatoms. The van der Waals surface area contributed by atoms with Gasteiger partial charge in [-0.3, -0.25) is 4.98 Å². The molecule has 7 nitrogen and oxygen atoms in total. The van der Waals surface area contributed by atoms with Crippen molar-refractivity contribution < 1.29 is 21.6 Å². The van der Waals surface area contributed by atoms with Gasteiger partial charge in [0.2, 0.25) is 10.0 Å². The number of pyridine rings is 1. The second-order valence-electron chi connectivity index (χ2n) is 7.07. The topological polar surface area (TPSA) is 102 Å². The lowest BCUT2D eigenvalue weighted by atomic mass is 10.1. The first-order valence-electron chi connectivity index (χ1n) is 9.50. The molecule has 3 aromatic rings. The van der Waals surface area contributed by atoms with E-state index in [1.165, 1.54) is 37.7 Å². The first-order chi connectivity index (χ1) is 14.7. The van der Waals surface area contributed by atoms with Crippen molar-refractivity contribution in [3.8, 4) is 5.75 Å². The zero-order valence-electron chi connectivity index (χ0n) is 17.4. The Morgan fingerprint density at radius 3 is 2.29 bits per heavy atom. The summed E-state index contributed by atoms with van der Waals surface area (Å²) in [6.45, 7) is 3.07. The lowest BCUT2D eigenvalue weighted by Gasteiger charge is -2.19. The molecule has 0 aliphatic rings. The Morgan fingerprint density at radius 1 is 0.968 bits per heavy atom. The standard InChI is InChI=1S/C22H24N2O5S2/c1-16-13-21(17(2)12-20(16)29-3)31(27,28)24-15-22(18-8-7-11-23-14-18)30(25,26)19-9-5-4-6-10-19/h4-14,22,24H,15H2,1-3H3/t22-/m1/s1. The number of benzene rings is 2. The number of rotatable bonds is 8. The second kappa shape index (κ2) is 9.17. The molecule has 2 aromatic carbocycles. The molecule has 1 N–H and O–H groups in total. The molecule has 0 saturated heterocycles. The molecule has 164 valence electrons. The van der Waals surface area contributed by atoms with Crippen molar-refractivity contribution in [3.05, 3.63) is 83.7 Å². The zero-order chi connectivity index (χ0) is 22.6. The third-order valence-electron chi connectivity index (χ3n) is 4.94. The van der Waals surface area contributed by atoms with Crippen LogP contribution in [0.2, 0.25) is 0 Å². The smallest absolute Gasteiger partial charge is 0.240 e.